The second-order valence-corrected chi connectivity index (χ2v) is 8.44. The highest BCUT2D eigenvalue weighted by Crippen LogP contribution is 2.62. The van der Waals surface area contributed by atoms with Crippen molar-refractivity contribution < 1.29 is 9.90 Å². The molecule has 0 radical (unpaired) electrons. The maximum absolute atomic E-state index is 12.0. The van der Waals surface area contributed by atoms with Gasteiger partial charge >= 0.3 is 5.97 Å². The van der Waals surface area contributed by atoms with E-state index in [2.05, 4.69) is 32.9 Å². The van der Waals surface area contributed by atoms with Crippen LogP contribution in [0.2, 0.25) is 0 Å². The summed E-state index contributed by atoms with van der Waals surface area (Å²) in [5, 5.41) is 9.86. The zero-order chi connectivity index (χ0) is 16.1. The van der Waals surface area contributed by atoms with Gasteiger partial charge in [-0.1, -0.05) is 43.6 Å². The van der Waals surface area contributed by atoms with E-state index in [4.69, 9.17) is 0 Å². The number of allylic oxidation sites excluding steroid dienone is 4. The van der Waals surface area contributed by atoms with Crippen LogP contribution in [0.25, 0.3) is 0 Å². The van der Waals surface area contributed by atoms with Gasteiger partial charge in [0.05, 0.1) is 5.41 Å². The van der Waals surface area contributed by atoms with Gasteiger partial charge in [0.25, 0.3) is 0 Å². The van der Waals surface area contributed by atoms with Crippen LogP contribution >= 0.6 is 0 Å². The first-order chi connectivity index (χ1) is 10.3. The quantitative estimate of drug-likeness (QED) is 0.675. The molecule has 0 bridgehead atoms. The molecule has 3 rings (SSSR count). The minimum Gasteiger partial charge on any atom is -0.481 e. The Morgan fingerprint density at radius 1 is 1.32 bits per heavy atom. The van der Waals surface area contributed by atoms with Gasteiger partial charge in [0, 0.05) is 0 Å². The summed E-state index contributed by atoms with van der Waals surface area (Å²) < 4.78 is 0. The molecule has 0 saturated heterocycles. The fourth-order valence-electron chi connectivity index (χ4n) is 5.71. The minimum absolute atomic E-state index is 0.149. The normalized spacial score (nSPS) is 45.0. The number of fused-ring (bicyclic) bond motifs is 3. The van der Waals surface area contributed by atoms with Crippen LogP contribution in [0.3, 0.4) is 0 Å². The molecule has 0 aromatic carbocycles. The number of rotatable bonds is 1. The lowest BCUT2D eigenvalue weighted by Crippen LogP contribution is -2.53. The topological polar surface area (TPSA) is 37.3 Å². The molecule has 0 aliphatic heterocycles. The van der Waals surface area contributed by atoms with Gasteiger partial charge in [-0.2, -0.15) is 0 Å². The highest BCUT2D eigenvalue weighted by atomic mass is 16.4. The number of carbonyl (C=O) groups is 1. The van der Waals surface area contributed by atoms with Crippen molar-refractivity contribution in [3.63, 3.8) is 0 Å². The lowest BCUT2D eigenvalue weighted by Gasteiger charge is -2.57. The van der Waals surface area contributed by atoms with Gasteiger partial charge in [-0.3, -0.25) is 4.79 Å². The molecule has 3 aliphatic carbocycles. The van der Waals surface area contributed by atoms with Crippen LogP contribution < -0.4 is 0 Å². The highest BCUT2D eigenvalue weighted by Gasteiger charge is 2.57. The van der Waals surface area contributed by atoms with E-state index in [0.29, 0.717) is 17.8 Å². The zero-order valence-electron chi connectivity index (χ0n) is 14.5. The van der Waals surface area contributed by atoms with Crippen molar-refractivity contribution in [2.45, 2.75) is 66.2 Å². The molecular formula is C20H30O2. The van der Waals surface area contributed by atoms with E-state index in [-0.39, 0.29) is 5.41 Å². The molecule has 0 spiro atoms. The van der Waals surface area contributed by atoms with Crippen molar-refractivity contribution in [3.8, 4) is 0 Å². The third-order valence-corrected chi connectivity index (χ3v) is 7.29. The van der Waals surface area contributed by atoms with E-state index >= 15 is 0 Å². The molecule has 2 nitrogen and oxygen atoms in total. The van der Waals surface area contributed by atoms with Gasteiger partial charge in [-0.05, 0) is 69.1 Å². The third-order valence-electron chi connectivity index (χ3n) is 7.29. The Kier molecular flexibility index (Phi) is 3.78. The van der Waals surface area contributed by atoms with Crippen molar-refractivity contribution in [2.75, 3.05) is 0 Å². The summed E-state index contributed by atoms with van der Waals surface area (Å²) >= 11 is 0. The van der Waals surface area contributed by atoms with Gasteiger partial charge in [-0.15, -0.1) is 0 Å². The first-order valence-electron chi connectivity index (χ1n) is 8.89. The van der Waals surface area contributed by atoms with Crippen LogP contribution in [0.1, 0.15) is 66.2 Å². The zero-order valence-corrected chi connectivity index (χ0v) is 14.5. The summed E-state index contributed by atoms with van der Waals surface area (Å²) in [5.41, 5.74) is 2.69. The van der Waals surface area contributed by atoms with E-state index < -0.39 is 11.4 Å². The molecule has 5 atom stereocenters. The number of hydrogen-bond donors (Lipinski definition) is 1. The number of carboxylic acids is 1. The Balaban J connectivity index is 2.02. The summed E-state index contributed by atoms with van der Waals surface area (Å²) in [6.07, 6.45) is 11.2. The third kappa shape index (κ3) is 2.18. The van der Waals surface area contributed by atoms with E-state index in [9.17, 15) is 9.90 Å². The molecule has 5 unspecified atom stereocenters. The molecule has 0 aromatic rings. The van der Waals surface area contributed by atoms with Gasteiger partial charge < -0.3 is 5.11 Å². The van der Waals surface area contributed by atoms with Crippen molar-refractivity contribution in [1.82, 2.24) is 0 Å². The average molecular weight is 302 g/mol. The monoisotopic (exact) mass is 302 g/mol. The minimum atomic E-state index is -0.579. The highest BCUT2D eigenvalue weighted by molar-refractivity contribution is 5.75. The van der Waals surface area contributed by atoms with Crippen LogP contribution in [0, 0.1) is 28.6 Å². The van der Waals surface area contributed by atoms with E-state index in [1.165, 1.54) is 12.0 Å². The second-order valence-electron chi connectivity index (χ2n) is 8.44. The van der Waals surface area contributed by atoms with Crippen molar-refractivity contribution >= 4 is 5.97 Å². The van der Waals surface area contributed by atoms with E-state index in [1.807, 2.05) is 6.92 Å². The molecular weight excluding hydrogens is 272 g/mol. The molecule has 2 fully saturated rings. The molecule has 3 aliphatic rings. The van der Waals surface area contributed by atoms with Crippen LogP contribution in [-0.4, -0.2) is 11.1 Å². The van der Waals surface area contributed by atoms with Crippen LogP contribution in [0.15, 0.2) is 23.3 Å². The smallest absolute Gasteiger partial charge is 0.309 e. The van der Waals surface area contributed by atoms with Gasteiger partial charge in [-0.25, -0.2) is 0 Å². The molecule has 122 valence electrons. The van der Waals surface area contributed by atoms with Gasteiger partial charge in [0.1, 0.15) is 0 Å². The van der Waals surface area contributed by atoms with Crippen molar-refractivity contribution in [3.05, 3.63) is 23.3 Å². The summed E-state index contributed by atoms with van der Waals surface area (Å²) in [4.78, 5) is 12.0. The van der Waals surface area contributed by atoms with Crippen molar-refractivity contribution in [2.24, 2.45) is 28.6 Å². The Morgan fingerprint density at radius 2 is 2.05 bits per heavy atom. The lowest BCUT2D eigenvalue weighted by molar-refractivity contribution is -0.164. The van der Waals surface area contributed by atoms with Gasteiger partial charge in [0.2, 0.25) is 0 Å². The van der Waals surface area contributed by atoms with E-state index in [0.717, 1.165) is 32.1 Å². The number of hydrogen-bond acceptors (Lipinski definition) is 1. The van der Waals surface area contributed by atoms with E-state index in [1.54, 1.807) is 5.57 Å². The number of carboxylic acid groups (broad SMARTS) is 1. The largest absolute Gasteiger partial charge is 0.481 e. The maximum atomic E-state index is 12.0. The summed E-state index contributed by atoms with van der Waals surface area (Å²) in [5.74, 6) is 0.819. The first kappa shape index (κ1) is 15.8. The summed E-state index contributed by atoms with van der Waals surface area (Å²) in [7, 11) is 0. The molecule has 2 saturated carbocycles. The standard InChI is InChI=1S/C20H30O2/c1-13-6-8-16-15(12-14(13)2)7-9-17-19(16,3)10-5-11-20(17,4)18(21)22/h6,12,14,16-17H,5,7-11H2,1-4H3,(H,21,22). The molecule has 1 N–H and O–H groups in total. The van der Waals surface area contributed by atoms with Crippen LogP contribution in [-0.2, 0) is 4.79 Å². The molecule has 0 heterocycles. The second kappa shape index (κ2) is 5.25. The fraction of sp³-hybridized carbons (Fsp3) is 0.750. The molecule has 0 aromatic heterocycles. The molecule has 22 heavy (non-hydrogen) atoms. The Labute approximate surface area is 134 Å². The maximum Gasteiger partial charge on any atom is 0.309 e. The molecule has 0 amide bonds. The van der Waals surface area contributed by atoms with Crippen molar-refractivity contribution in [1.29, 1.82) is 0 Å². The Hall–Kier alpha value is -1.05. The van der Waals surface area contributed by atoms with Crippen LogP contribution in [0.4, 0.5) is 0 Å². The van der Waals surface area contributed by atoms with Crippen LogP contribution in [0.5, 0.6) is 0 Å². The molecule has 2 heteroatoms. The summed E-state index contributed by atoms with van der Waals surface area (Å²) in [6.45, 7) is 8.92. The first-order valence-corrected chi connectivity index (χ1v) is 8.89. The summed E-state index contributed by atoms with van der Waals surface area (Å²) in [6, 6.07) is 0. The lowest BCUT2D eigenvalue weighted by atomic mass is 9.46. The Morgan fingerprint density at radius 3 is 2.73 bits per heavy atom. The fourth-order valence-corrected chi connectivity index (χ4v) is 5.71. The van der Waals surface area contributed by atoms with Gasteiger partial charge in [0.15, 0.2) is 0 Å². The predicted octanol–water partition coefficient (Wildman–Crippen LogP) is 5.21. The predicted molar refractivity (Wildman–Crippen MR) is 89.5 cm³/mol. The number of aliphatic carboxylic acids is 1. The SMILES string of the molecule is CC1=CCC2C(=CC1C)CCC1C(C)(C(=O)O)CCCC21C. The Bertz CT molecular complexity index is 544. The average Bonchev–Trinajstić information content (AvgIpc) is 2.59.